The van der Waals surface area contributed by atoms with Crippen LogP contribution in [0.3, 0.4) is 0 Å². The fourth-order valence-electron chi connectivity index (χ4n) is 1.04. The molecule has 0 atom stereocenters. The molecule has 0 fully saturated rings. The smallest absolute Gasteiger partial charge is 0.146 e. The topological polar surface area (TPSA) is 20.2 Å². The van der Waals surface area contributed by atoms with Gasteiger partial charge in [0.2, 0.25) is 0 Å². The molecule has 1 heterocycles. The van der Waals surface area contributed by atoms with Crippen molar-refractivity contribution in [1.82, 2.24) is 0 Å². The first-order valence-corrected chi connectivity index (χ1v) is 4.98. The lowest BCUT2D eigenvalue weighted by atomic mass is 10.2. The molecule has 0 radical (unpaired) electrons. The van der Waals surface area contributed by atoms with E-state index in [1.54, 1.807) is 11.4 Å². The monoisotopic (exact) mass is 216 g/mol. The minimum absolute atomic E-state index is 0.215. The van der Waals surface area contributed by atoms with Crippen molar-refractivity contribution < 1.29 is 5.11 Å². The number of halogens is 1. The van der Waals surface area contributed by atoms with Crippen LogP contribution >= 0.6 is 35.6 Å². The second kappa shape index (κ2) is 2.83. The Morgan fingerprint density at radius 3 is 2.92 bits per heavy atom. The van der Waals surface area contributed by atoms with Gasteiger partial charge in [0.1, 0.15) is 5.75 Å². The lowest BCUT2D eigenvalue weighted by molar-refractivity contribution is 0.470. The molecule has 4 heteroatoms. The highest BCUT2D eigenvalue weighted by Gasteiger charge is 2.07. The number of hydrogen-bond acceptors (Lipinski definition) is 3. The number of phenolic OH excluding ortho intramolecular Hbond substituents is 1. The van der Waals surface area contributed by atoms with Crippen LogP contribution in [0.2, 0.25) is 5.02 Å². The SMILES string of the molecule is Oc1c(S)ccc2c(Cl)csc12. The van der Waals surface area contributed by atoms with Crippen LogP contribution in [0.5, 0.6) is 5.75 Å². The molecule has 62 valence electrons. The highest BCUT2D eigenvalue weighted by molar-refractivity contribution is 7.80. The quantitative estimate of drug-likeness (QED) is 0.646. The van der Waals surface area contributed by atoms with Gasteiger partial charge >= 0.3 is 0 Å². The molecule has 0 saturated carbocycles. The molecule has 2 rings (SSSR count). The van der Waals surface area contributed by atoms with Gasteiger partial charge < -0.3 is 5.11 Å². The number of rotatable bonds is 0. The molecule has 0 spiro atoms. The first kappa shape index (κ1) is 8.23. The van der Waals surface area contributed by atoms with E-state index in [4.69, 9.17) is 11.6 Å². The van der Waals surface area contributed by atoms with E-state index in [9.17, 15) is 5.11 Å². The summed E-state index contributed by atoms with van der Waals surface area (Å²) in [4.78, 5) is 0.584. The first-order valence-electron chi connectivity index (χ1n) is 3.28. The maximum absolute atomic E-state index is 9.55. The van der Waals surface area contributed by atoms with Crippen molar-refractivity contribution >= 4 is 45.7 Å². The van der Waals surface area contributed by atoms with Crippen molar-refractivity contribution in [1.29, 1.82) is 0 Å². The van der Waals surface area contributed by atoms with E-state index in [2.05, 4.69) is 12.6 Å². The largest absolute Gasteiger partial charge is 0.505 e. The Labute approximate surface area is 84.0 Å². The number of benzene rings is 1. The summed E-state index contributed by atoms with van der Waals surface area (Å²) in [5.41, 5.74) is 0. The van der Waals surface area contributed by atoms with Gasteiger partial charge in [-0.15, -0.1) is 24.0 Å². The number of aromatic hydroxyl groups is 1. The Hall–Kier alpha value is -0.380. The lowest BCUT2D eigenvalue weighted by Crippen LogP contribution is -1.69. The van der Waals surface area contributed by atoms with Gasteiger partial charge in [0, 0.05) is 15.7 Å². The van der Waals surface area contributed by atoms with Gasteiger partial charge in [-0.1, -0.05) is 17.7 Å². The number of fused-ring (bicyclic) bond motifs is 1. The maximum Gasteiger partial charge on any atom is 0.146 e. The molecule has 1 aromatic heterocycles. The van der Waals surface area contributed by atoms with Crippen molar-refractivity contribution in [2.45, 2.75) is 4.90 Å². The summed E-state index contributed by atoms with van der Waals surface area (Å²) in [6.45, 7) is 0. The predicted molar refractivity (Wildman–Crippen MR) is 55.8 cm³/mol. The molecule has 0 bridgehead atoms. The molecular weight excluding hydrogens is 212 g/mol. The zero-order valence-corrected chi connectivity index (χ0v) is 8.38. The summed E-state index contributed by atoms with van der Waals surface area (Å²) >= 11 is 11.4. The zero-order chi connectivity index (χ0) is 8.72. The van der Waals surface area contributed by atoms with E-state index in [1.807, 2.05) is 6.07 Å². The number of thiol groups is 1. The summed E-state index contributed by atoms with van der Waals surface area (Å²) in [6, 6.07) is 3.59. The number of hydrogen-bond donors (Lipinski definition) is 2. The average Bonchev–Trinajstić information content (AvgIpc) is 2.41. The van der Waals surface area contributed by atoms with Crippen molar-refractivity contribution in [3.8, 4) is 5.75 Å². The van der Waals surface area contributed by atoms with Crippen LogP contribution in [0.1, 0.15) is 0 Å². The van der Waals surface area contributed by atoms with Crippen LogP contribution in [0.4, 0.5) is 0 Å². The van der Waals surface area contributed by atoms with Gasteiger partial charge in [0.25, 0.3) is 0 Å². The average molecular weight is 217 g/mol. The Kier molecular flexibility index (Phi) is 1.94. The summed E-state index contributed by atoms with van der Waals surface area (Å²) in [5.74, 6) is 0.215. The molecule has 1 aromatic carbocycles. The summed E-state index contributed by atoms with van der Waals surface area (Å²) < 4.78 is 0.799. The van der Waals surface area contributed by atoms with Crippen molar-refractivity contribution in [2.75, 3.05) is 0 Å². The highest BCUT2D eigenvalue weighted by Crippen LogP contribution is 2.38. The normalized spacial score (nSPS) is 10.8. The van der Waals surface area contributed by atoms with Gasteiger partial charge in [-0.05, 0) is 6.07 Å². The van der Waals surface area contributed by atoms with Crippen molar-refractivity contribution in [3.05, 3.63) is 22.5 Å². The Morgan fingerprint density at radius 1 is 1.42 bits per heavy atom. The van der Waals surface area contributed by atoms with Crippen LogP contribution in [-0.4, -0.2) is 5.11 Å². The van der Waals surface area contributed by atoms with Crippen molar-refractivity contribution in [3.63, 3.8) is 0 Å². The van der Waals surface area contributed by atoms with Crippen LogP contribution in [-0.2, 0) is 0 Å². The van der Waals surface area contributed by atoms with Crippen LogP contribution in [0.25, 0.3) is 10.1 Å². The molecule has 2 aromatic rings. The molecule has 0 unspecified atom stereocenters. The van der Waals surface area contributed by atoms with Gasteiger partial charge in [0.15, 0.2) is 0 Å². The standard InChI is InChI=1S/C8H5ClOS2/c9-5-3-12-8-4(5)1-2-6(11)7(8)10/h1-3,10-11H. The lowest BCUT2D eigenvalue weighted by Gasteiger charge is -1.97. The van der Waals surface area contributed by atoms with Crippen LogP contribution < -0.4 is 0 Å². The van der Waals surface area contributed by atoms with Gasteiger partial charge in [-0.25, -0.2) is 0 Å². The third-order valence-electron chi connectivity index (χ3n) is 1.65. The van der Waals surface area contributed by atoms with Gasteiger partial charge in [-0.3, -0.25) is 0 Å². The number of phenols is 1. The van der Waals surface area contributed by atoms with E-state index in [-0.39, 0.29) is 5.75 Å². The summed E-state index contributed by atoms with van der Waals surface area (Å²) in [6.07, 6.45) is 0. The highest BCUT2D eigenvalue weighted by atomic mass is 35.5. The first-order chi connectivity index (χ1) is 5.70. The van der Waals surface area contributed by atoms with Gasteiger partial charge in [-0.2, -0.15) is 0 Å². The minimum Gasteiger partial charge on any atom is -0.505 e. The number of thiophene rings is 1. The van der Waals surface area contributed by atoms with E-state index in [0.29, 0.717) is 9.92 Å². The maximum atomic E-state index is 9.55. The van der Waals surface area contributed by atoms with E-state index in [0.717, 1.165) is 10.1 Å². The molecular formula is C8H5ClOS2. The molecule has 12 heavy (non-hydrogen) atoms. The van der Waals surface area contributed by atoms with E-state index in [1.165, 1.54) is 11.3 Å². The Bertz CT molecular complexity index is 436. The zero-order valence-electron chi connectivity index (χ0n) is 5.91. The fourth-order valence-corrected chi connectivity index (χ4v) is 2.53. The van der Waals surface area contributed by atoms with E-state index >= 15 is 0 Å². The van der Waals surface area contributed by atoms with Crippen molar-refractivity contribution in [2.24, 2.45) is 0 Å². The fraction of sp³-hybridized carbons (Fsp3) is 0. The third kappa shape index (κ3) is 1.09. The Balaban J connectivity index is 2.93. The third-order valence-corrected chi connectivity index (χ3v) is 3.45. The second-order valence-electron chi connectivity index (χ2n) is 2.39. The van der Waals surface area contributed by atoms with Crippen LogP contribution in [0, 0.1) is 0 Å². The molecule has 1 N–H and O–H groups in total. The molecule has 0 aliphatic heterocycles. The van der Waals surface area contributed by atoms with E-state index < -0.39 is 0 Å². The molecule has 1 nitrogen and oxygen atoms in total. The molecule has 0 aliphatic rings. The van der Waals surface area contributed by atoms with Gasteiger partial charge in [0.05, 0.1) is 9.72 Å². The summed E-state index contributed by atoms with van der Waals surface area (Å²) in [7, 11) is 0. The molecule has 0 saturated heterocycles. The second-order valence-corrected chi connectivity index (χ2v) is 4.16. The minimum atomic E-state index is 0.215. The molecule has 0 amide bonds. The Morgan fingerprint density at radius 2 is 2.17 bits per heavy atom. The predicted octanol–water partition coefficient (Wildman–Crippen LogP) is 3.55. The summed E-state index contributed by atoms with van der Waals surface area (Å²) in [5, 5.41) is 12.9. The van der Waals surface area contributed by atoms with Crippen LogP contribution in [0.15, 0.2) is 22.4 Å². The molecule has 0 aliphatic carbocycles.